The van der Waals surface area contributed by atoms with E-state index in [0.717, 1.165) is 24.7 Å². The monoisotopic (exact) mass is 208 g/mol. The van der Waals surface area contributed by atoms with E-state index in [9.17, 15) is 4.79 Å². The Morgan fingerprint density at radius 3 is 2.20 bits per heavy atom. The fraction of sp³-hybridized carbons (Fsp3) is 0.917. The van der Waals surface area contributed by atoms with Crippen molar-refractivity contribution >= 4 is 5.91 Å². The van der Waals surface area contributed by atoms with Gasteiger partial charge in [0.05, 0.1) is 0 Å². The van der Waals surface area contributed by atoms with Crippen molar-refractivity contribution in [1.82, 2.24) is 5.32 Å². The molecule has 3 saturated carbocycles. The second kappa shape index (κ2) is 3.48. The number of rotatable bonds is 2. The van der Waals surface area contributed by atoms with Gasteiger partial charge in [0.15, 0.2) is 0 Å². The Morgan fingerprint density at radius 2 is 1.67 bits per heavy atom. The first-order chi connectivity index (χ1) is 7.22. The molecule has 3 fully saturated rings. The van der Waals surface area contributed by atoms with Gasteiger partial charge in [-0.1, -0.05) is 0 Å². The van der Waals surface area contributed by atoms with E-state index in [1.807, 2.05) is 0 Å². The molecule has 3 nitrogen and oxygen atoms in total. The summed E-state index contributed by atoms with van der Waals surface area (Å²) < 4.78 is 0. The molecule has 15 heavy (non-hydrogen) atoms. The molecular weight excluding hydrogens is 188 g/mol. The lowest BCUT2D eigenvalue weighted by molar-refractivity contribution is -0.123. The van der Waals surface area contributed by atoms with Gasteiger partial charge in [0.25, 0.3) is 0 Å². The summed E-state index contributed by atoms with van der Waals surface area (Å²) in [6.07, 6.45) is 6.93. The van der Waals surface area contributed by atoms with Crippen LogP contribution in [0.5, 0.6) is 0 Å². The molecule has 0 saturated heterocycles. The molecular formula is C12H20N2O. The Morgan fingerprint density at radius 1 is 1.07 bits per heavy atom. The summed E-state index contributed by atoms with van der Waals surface area (Å²) in [5.41, 5.74) is 5.94. The molecule has 0 aliphatic heterocycles. The smallest absolute Gasteiger partial charge is 0.223 e. The van der Waals surface area contributed by atoms with Gasteiger partial charge in [-0.05, 0) is 50.4 Å². The third kappa shape index (κ3) is 1.89. The van der Waals surface area contributed by atoms with Gasteiger partial charge < -0.3 is 11.1 Å². The third-order valence-corrected chi connectivity index (χ3v) is 4.35. The molecule has 0 aromatic carbocycles. The van der Waals surface area contributed by atoms with Crippen molar-refractivity contribution in [2.45, 2.75) is 50.6 Å². The van der Waals surface area contributed by atoms with Crippen LogP contribution in [0.4, 0.5) is 0 Å². The standard InChI is InChI=1S/C12H20N2O/c13-10-3-8-5-11(6-9(8)4-10)14-12(15)7-1-2-7/h7-11H,1-6,13H2,(H,14,15). The molecule has 3 aliphatic carbocycles. The van der Waals surface area contributed by atoms with E-state index in [1.165, 1.54) is 25.7 Å². The van der Waals surface area contributed by atoms with Crippen LogP contribution in [-0.4, -0.2) is 18.0 Å². The molecule has 0 heterocycles. The van der Waals surface area contributed by atoms with Crippen LogP contribution < -0.4 is 11.1 Å². The van der Waals surface area contributed by atoms with Gasteiger partial charge in [0.2, 0.25) is 5.91 Å². The Bertz CT molecular complexity index is 261. The maximum absolute atomic E-state index is 11.6. The zero-order valence-electron chi connectivity index (χ0n) is 9.11. The number of carbonyl (C=O) groups is 1. The highest BCUT2D eigenvalue weighted by Gasteiger charge is 2.41. The van der Waals surface area contributed by atoms with E-state index < -0.39 is 0 Å². The van der Waals surface area contributed by atoms with Gasteiger partial charge in [-0.15, -0.1) is 0 Å². The molecule has 0 aromatic heterocycles. The molecule has 2 atom stereocenters. The van der Waals surface area contributed by atoms with Crippen molar-refractivity contribution in [2.24, 2.45) is 23.5 Å². The second-order valence-corrected chi connectivity index (χ2v) is 5.70. The Kier molecular flexibility index (Phi) is 2.23. The van der Waals surface area contributed by atoms with Crippen molar-refractivity contribution in [3.05, 3.63) is 0 Å². The summed E-state index contributed by atoms with van der Waals surface area (Å²) in [4.78, 5) is 11.6. The van der Waals surface area contributed by atoms with Crippen LogP contribution in [-0.2, 0) is 4.79 Å². The SMILES string of the molecule is NC1CC2CC(NC(=O)C3CC3)CC2C1. The molecule has 0 radical (unpaired) electrons. The second-order valence-electron chi connectivity index (χ2n) is 5.70. The Hall–Kier alpha value is -0.570. The van der Waals surface area contributed by atoms with Crippen LogP contribution in [0.2, 0.25) is 0 Å². The maximum atomic E-state index is 11.6. The van der Waals surface area contributed by atoms with Crippen LogP contribution in [0.1, 0.15) is 38.5 Å². The highest BCUT2D eigenvalue weighted by atomic mass is 16.2. The van der Waals surface area contributed by atoms with Crippen LogP contribution >= 0.6 is 0 Å². The number of nitrogens with one attached hydrogen (secondary N) is 1. The first kappa shape index (κ1) is 9.64. The van der Waals surface area contributed by atoms with Gasteiger partial charge in [-0.25, -0.2) is 0 Å². The quantitative estimate of drug-likeness (QED) is 0.712. The van der Waals surface area contributed by atoms with Crippen LogP contribution in [0, 0.1) is 17.8 Å². The van der Waals surface area contributed by atoms with Gasteiger partial charge in [0.1, 0.15) is 0 Å². The van der Waals surface area contributed by atoms with Crippen molar-refractivity contribution in [3.8, 4) is 0 Å². The lowest BCUT2D eigenvalue weighted by Gasteiger charge is -2.14. The van der Waals surface area contributed by atoms with E-state index >= 15 is 0 Å². The fourth-order valence-electron chi connectivity index (χ4n) is 3.45. The predicted molar refractivity (Wildman–Crippen MR) is 58.1 cm³/mol. The first-order valence-electron chi connectivity index (χ1n) is 6.28. The largest absolute Gasteiger partial charge is 0.353 e. The van der Waals surface area contributed by atoms with Crippen LogP contribution in [0.3, 0.4) is 0 Å². The molecule has 1 amide bonds. The zero-order chi connectivity index (χ0) is 10.4. The van der Waals surface area contributed by atoms with Crippen LogP contribution in [0.25, 0.3) is 0 Å². The molecule has 3 rings (SSSR count). The summed E-state index contributed by atoms with van der Waals surface area (Å²) in [5.74, 6) is 2.26. The minimum Gasteiger partial charge on any atom is -0.353 e. The lowest BCUT2D eigenvalue weighted by atomic mass is 10.0. The minimum atomic E-state index is 0.310. The molecule has 0 aromatic rings. The highest BCUT2D eigenvalue weighted by molar-refractivity contribution is 5.81. The average molecular weight is 208 g/mol. The summed E-state index contributed by atoms with van der Waals surface area (Å²) in [6.45, 7) is 0. The molecule has 3 N–H and O–H groups in total. The minimum absolute atomic E-state index is 0.310. The number of amides is 1. The zero-order valence-corrected chi connectivity index (χ0v) is 9.11. The number of nitrogens with two attached hydrogens (primary N) is 1. The lowest BCUT2D eigenvalue weighted by Crippen LogP contribution is -2.34. The van der Waals surface area contributed by atoms with Crippen LogP contribution in [0.15, 0.2) is 0 Å². The van der Waals surface area contributed by atoms with Gasteiger partial charge in [-0.2, -0.15) is 0 Å². The van der Waals surface area contributed by atoms with Gasteiger partial charge in [0, 0.05) is 18.0 Å². The molecule has 2 unspecified atom stereocenters. The maximum Gasteiger partial charge on any atom is 0.223 e. The molecule has 3 aliphatic rings. The van der Waals surface area contributed by atoms with Crippen molar-refractivity contribution in [2.75, 3.05) is 0 Å². The summed E-state index contributed by atoms with van der Waals surface area (Å²) in [5, 5.41) is 3.20. The van der Waals surface area contributed by atoms with E-state index in [-0.39, 0.29) is 0 Å². The van der Waals surface area contributed by atoms with E-state index in [1.54, 1.807) is 0 Å². The molecule has 0 bridgehead atoms. The highest BCUT2D eigenvalue weighted by Crippen LogP contribution is 2.43. The van der Waals surface area contributed by atoms with Crippen molar-refractivity contribution in [3.63, 3.8) is 0 Å². The topological polar surface area (TPSA) is 55.1 Å². The van der Waals surface area contributed by atoms with Crippen molar-refractivity contribution in [1.29, 1.82) is 0 Å². The summed E-state index contributed by atoms with van der Waals surface area (Å²) >= 11 is 0. The first-order valence-corrected chi connectivity index (χ1v) is 6.28. The normalized spacial score (nSPS) is 44.1. The van der Waals surface area contributed by atoms with Gasteiger partial charge in [-0.3, -0.25) is 4.79 Å². The number of hydrogen-bond donors (Lipinski definition) is 2. The predicted octanol–water partition coefficient (Wildman–Crippen LogP) is 1.03. The van der Waals surface area contributed by atoms with E-state index in [4.69, 9.17) is 5.73 Å². The van der Waals surface area contributed by atoms with E-state index in [2.05, 4.69) is 5.32 Å². The molecule has 3 heteroatoms. The summed E-state index contributed by atoms with van der Waals surface area (Å²) in [6, 6.07) is 0.890. The molecule has 0 spiro atoms. The average Bonchev–Trinajstić information content (AvgIpc) is 2.86. The Balaban J connectivity index is 1.52. The third-order valence-electron chi connectivity index (χ3n) is 4.35. The van der Waals surface area contributed by atoms with Crippen molar-refractivity contribution < 1.29 is 4.79 Å². The number of carbonyl (C=O) groups excluding carboxylic acids is 1. The summed E-state index contributed by atoms with van der Waals surface area (Å²) in [7, 11) is 0. The number of hydrogen-bond acceptors (Lipinski definition) is 2. The van der Waals surface area contributed by atoms with E-state index in [0.29, 0.717) is 23.9 Å². The fourth-order valence-corrected chi connectivity index (χ4v) is 3.45. The number of fused-ring (bicyclic) bond motifs is 1. The molecule has 84 valence electrons. The Labute approximate surface area is 90.8 Å². The van der Waals surface area contributed by atoms with Gasteiger partial charge >= 0.3 is 0 Å².